The summed E-state index contributed by atoms with van der Waals surface area (Å²) in [4.78, 5) is 14.5. The van der Waals surface area contributed by atoms with Crippen molar-refractivity contribution in [2.75, 3.05) is 7.11 Å². The second-order valence-electron chi connectivity index (χ2n) is 10.8. The highest BCUT2D eigenvalue weighted by Crippen LogP contribution is 2.43. The standard InChI is InChI=1S/C30H32N2O2S/c1-29(2,3)24-16-20(17-25(27(24)33)30(4,5)6)26(28-23-11-9-8-10-19(23)18-35-28)32-31-21-12-14-22(34-7)15-13-21/h8-18H,1-7H3. The maximum Gasteiger partial charge on any atom is 0.186 e. The lowest BCUT2D eigenvalue weighted by molar-refractivity contribution is -0.114. The summed E-state index contributed by atoms with van der Waals surface area (Å²) >= 11 is 1.65. The molecule has 1 aliphatic carbocycles. The van der Waals surface area contributed by atoms with Gasteiger partial charge in [0.25, 0.3) is 0 Å². The molecule has 0 saturated carbocycles. The summed E-state index contributed by atoms with van der Waals surface area (Å²) in [6.45, 7) is 12.5. The lowest BCUT2D eigenvalue weighted by Crippen LogP contribution is -2.28. The summed E-state index contributed by atoms with van der Waals surface area (Å²) in [6.07, 6.45) is 4.02. The maximum atomic E-state index is 13.5. The summed E-state index contributed by atoms with van der Waals surface area (Å²) in [6, 6.07) is 15.8. The Hall–Kier alpha value is -3.31. The predicted octanol–water partition coefficient (Wildman–Crippen LogP) is 8.93. The lowest BCUT2D eigenvalue weighted by atomic mass is 9.71. The number of ketones is 1. The summed E-state index contributed by atoms with van der Waals surface area (Å²) < 4.78 is 5.27. The van der Waals surface area contributed by atoms with Crippen LogP contribution in [0.3, 0.4) is 0 Å². The van der Waals surface area contributed by atoms with Crippen molar-refractivity contribution in [1.29, 1.82) is 0 Å². The van der Waals surface area contributed by atoms with Gasteiger partial charge in [0.05, 0.1) is 17.7 Å². The zero-order chi connectivity index (χ0) is 25.4. The molecule has 4 rings (SSSR count). The molecule has 0 saturated heterocycles. The van der Waals surface area contributed by atoms with Gasteiger partial charge in [0.15, 0.2) is 5.78 Å². The fourth-order valence-electron chi connectivity index (χ4n) is 4.05. The second-order valence-corrected chi connectivity index (χ2v) is 11.7. The molecule has 0 aliphatic heterocycles. The summed E-state index contributed by atoms with van der Waals surface area (Å²) in [5.74, 6) is 0.879. The van der Waals surface area contributed by atoms with Crippen molar-refractivity contribution in [1.82, 2.24) is 0 Å². The van der Waals surface area contributed by atoms with Gasteiger partial charge < -0.3 is 4.74 Å². The Morgan fingerprint density at radius 1 is 0.857 bits per heavy atom. The molecular formula is C30H32N2O2S. The molecule has 5 heteroatoms. The predicted molar refractivity (Wildman–Crippen MR) is 146 cm³/mol. The number of Topliss-reactive ketones (excluding diaryl/α,β-unsaturated/α-hetero) is 1. The minimum Gasteiger partial charge on any atom is -0.497 e. The van der Waals surface area contributed by atoms with E-state index in [2.05, 4.69) is 64.2 Å². The fraction of sp³-hybridized carbons (Fsp3) is 0.300. The third-order valence-electron chi connectivity index (χ3n) is 6.04. The Bertz CT molecular complexity index is 1350. The van der Waals surface area contributed by atoms with Crippen molar-refractivity contribution in [3.05, 3.63) is 87.7 Å². The van der Waals surface area contributed by atoms with Crippen LogP contribution in [0.25, 0.3) is 16.5 Å². The number of allylic oxidation sites excluding steroid dienone is 5. The molecule has 2 aromatic carbocycles. The van der Waals surface area contributed by atoms with E-state index in [1.165, 1.54) is 0 Å². The third-order valence-corrected chi connectivity index (χ3v) is 7.06. The number of hydrogen-bond acceptors (Lipinski definition) is 5. The number of carbonyl (C=O) groups is 1. The molecule has 4 nitrogen and oxygen atoms in total. The Morgan fingerprint density at radius 3 is 2.03 bits per heavy atom. The van der Waals surface area contributed by atoms with Crippen molar-refractivity contribution >= 4 is 39.3 Å². The molecule has 0 N–H and O–H groups in total. The van der Waals surface area contributed by atoms with E-state index < -0.39 is 0 Å². The fourth-order valence-corrected chi connectivity index (χ4v) is 5.08. The molecule has 1 aliphatic rings. The molecule has 180 valence electrons. The van der Waals surface area contributed by atoms with Crippen LogP contribution in [0.5, 0.6) is 5.75 Å². The van der Waals surface area contributed by atoms with Gasteiger partial charge in [-0.3, -0.25) is 4.79 Å². The molecule has 1 heterocycles. The van der Waals surface area contributed by atoms with Crippen LogP contribution in [0, 0.1) is 10.8 Å². The van der Waals surface area contributed by atoms with Crippen LogP contribution < -0.4 is 4.74 Å². The molecule has 0 radical (unpaired) electrons. The number of azo groups is 1. The Balaban J connectivity index is 1.98. The van der Waals surface area contributed by atoms with E-state index >= 15 is 0 Å². The minimum absolute atomic E-state index is 0.108. The van der Waals surface area contributed by atoms with Gasteiger partial charge in [-0.1, -0.05) is 65.8 Å². The summed E-state index contributed by atoms with van der Waals surface area (Å²) in [7, 11) is 1.64. The van der Waals surface area contributed by atoms with Crippen LogP contribution in [-0.4, -0.2) is 12.9 Å². The number of ether oxygens (including phenoxy) is 1. The van der Waals surface area contributed by atoms with Crippen LogP contribution in [0.4, 0.5) is 5.69 Å². The number of nitrogens with zero attached hydrogens (tertiary/aromatic N) is 2. The third kappa shape index (κ3) is 5.20. The number of methoxy groups -OCH3 is 1. The van der Waals surface area contributed by atoms with Crippen molar-refractivity contribution in [3.8, 4) is 5.75 Å². The zero-order valence-corrected chi connectivity index (χ0v) is 22.3. The molecular weight excluding hydrogens is 452 g/mol. The van der Waals surface area contributed by atoms with Gasteiger partial charge >= 0.3 is 0 Å². The van der Waals surface area contributed by atoms with Gasteiger partial charge in [-0.15, -0.1) is 16.5 Å². The first-order valence-corrected chi connectivity index (χ1v) is 12.6. The van der Waals surface area contributed by atoms with Gasteiger partial charge in [0, 0.05) is 22.1 Å². The van der Waals surface area contributed by atoms with E-state index in [-0.39, 0.29) is 16.6 Å². The van der Waals surface area contributed by atoms with E-state index in [9.17, 15) is 4.79 Å². The molecule has 35 heavy (non-hydrogen) atoms. The first-order chi connectivity index (χ1) is 16.5. The minimum atomic E-state index is -0.303. The Kier molecular flexibility index (Phi) is 6.65. The molecule has 0 spiro atoms. The van der Waals surface area contributed by atoms with Crippen molar-refractivity contribution in [2.45, 2.75) is 41.5 Å². The Morgan fingerprint density at radius 2 is 1.46 bits per heavy atom. The van der Waals surface area contributed by atoms with Crippen LogP contribution in [0.15, 0.2) is 93.0 Å². The SMILES string of the molecule is COc1ccc(N=NC(=C2C=C(C(C)(C)C)C(=O)C(C(C)(C)C)=C2)c2scc3ccccc23)cc1. The zero-order valence-electron chi connectivity index (χ0n) is 21.5. The second kappa shape index (κ2) is 9.38. The molecule has 0 fully saturated rings. The first-order valence-electron chi connectivity index (χ1n) is 11.7. The molecule has 0 unspecified atom stereocenters. The monoisotopic (exact) mass is 484 g/mol. The van der Waals surface area contributed by atoms with E-state index in [4.69, 9.17) is 9.85 Å². The molecule has 0 amide bonds. The van der Waals surface area contributed by atoms with Gasteiger partial charge in [0.2, 0.25) is 0 Å². The van der Waals surface area contributed by atoms with Crippen LogP contribution >= 0.6 is 11.3 Å². The lowest BCUT2D eigenvalue weighted by Gasteiger charge is -2.31. The maximum absolute atomic E-state index is 13.5. The van der Waals surface area contributed by atoms with Crippen LogP contribution in [0.2, 0.25) is 0 Å². The van der Waals surface area contributed by atoms with Gasteiger partial charge in [-0.05, 0) is 58.0 Å². The number of hydrogen-bond donors (Lipinski definition) is 0. The molecule has 0 atom stereocenters. The van der Waals surface area contributed by atoms with E-state index in [1.807, 2.05) is 48.6 Å². The van der Waals surface area contributed by atoms with E-state index in [0.717, 1.165) is 49.5 Å². The molecule has 3 aromatic rings. The van der Waals surface area contributed by atoms with Crippen molar-refractivity contribution < 1.29 is 9.53 Å². The highest BCUT2D eigenvalue weighted by molar-refractivity contribution is 7.12. The van der Waals surface area contributed by atoms with E-state index in [1.54, 1.807) is 18.4 Å². The van der Waals surface area contributed by atoms with Gasteiger partial charge in [-0.25, -0.2) is 0 Å². The molecule has 1 aromatic heterocycles. The number of thiophene rings is 1. The smallest absolute Gasteiger partial charge is 0.186 e. The highest BCUT2D eigenvalue weighted by atomic mass is 32.1. The topological polar surface area (TPSA) is 51.0 Å². The van der Waals surface area contributed by atoms with Crippen molar-refractivity contribution in [3.63, 3.8) is 0 Å². The Labute approximate surface area is 211 Å². The highest BCUT2D eigenvalue weighted by Gasteiger charge is 2.35. The average Bonchev–Trinajstić information content (AvgIpc) is 3.23. The number of carbonyl (C=O) groups excluding carboxylic acids is 1. The van der Waals surface area contributed by atoms with Gasteiger partial charge in [0.1, 0.15) is 11.4 Å². The normalized spacial score (nSPS) is 14.9. The number of rotatable bonds is 4. The summed E-state index contributed by atoms with van der Waals surface area (Å²) in [5, 5.41) is 13.8. The van der Waals surface area contributed by atoms with E-state index in [0.29, 0.717) is 0 Å². The quantitative estimate of drug-likeness (QED) is 0.347. The van der Waals surface area contributed by atoms with Crippen LogP contribution in [-0.2, 0) is 4.79 Å². The molecule has 0 bridgehead atoms. The largest absolute Gasteiger partial charge is 0.497 e. The van der Waals surface area contributed by atoms with Gasteiger partial charge in [-0.2, -0.15) is 5.11 Å². The van der Waals surface area contributed by atoms with Crippen molar-refractivity contribution in [2.24, 2.45) is 21.1 Å². The average molecular weight is 485 g/mol. The van der Waals surface area contributed by atoms with Crippen LogP contribution in [0.1, 0.15) is 46.4 Å². The summed E-state index contributed by atoms with van der Waals surface area (Å²) in [5.41, 5.74) is 3.38. The number of fused-ring (bicyclic) bond motifs is 1. The first kappa shape index (κ1) is 24.8. The number of benzene rings is 2.